The van der Waals surface area contributed by atoms with Gasteiger partial charge in [0.25, 0.3) is 0 Å². The lowest BCUT2D eigenvalue weighted by Crippen LogP contribution is -2.18. The van der Waals surface area contributed by atoms with E-state index in [1.54, 1.807) is 16.8 Å². The van der Waals surface area contributed by atoms with E-state index in [1.165, 1.54) is 0 Å². The van der Waals surface area contributed by atoms with Crippen molar-refractivity contribution in [2.75, 3.05) is 11.9 Å². The van der Waals surface area contributed by atoms with Gasteiger partial charge in [-0.1, -0.05) is 16.8 Å². The topological polar surface area (TPSA) is 79.7 Å². The zero-order valence-corrected chi connectivity index (χ0v) is 13.0. The number of oxime groups is 1. The Morgan fingerprint density at radius 1 is 1.43 bits per heavy atom. The number of halogens is 1. The van der Waals surface area contributed by atoms with Crippen molar-refractivity contribution in [2.45, 2.75) is 13.5 Å². The molecular weight excluding hydrogens is 290 g/mol. The van der Waals surface area contributed by atoms with Gasteiger partial charge in [-0.15, -0.1) is 0 Å². The van der Waals surface area contributed by atoms with Crippen molar-refractivity contribution >= 4 is 23.1 Å². The normalized spacial score (nSPS) is 11.7. The van der Waals surface area contributed by atoms with Crippen LogP contribution in [0.4, 0.5) is 5.69 Å². The van der Waals surface area contributed by atoms with Crippen LogP contribution in [0.25, 0.3) is 0 Å². The van der Waals surface area contributed by atoms with Gasteiger partial charge in [0.15, 0.2) is 5.84 Å². The Morgan fingerprint density at radius 2 is 2.05 bits per heavy atom. The van der Waals surface area contributed by atoms with Gasteiger partial charge in [0, 0.05) is 37.5 Å². The molecule has 6 nitrogen and oxygen atoms in total. The van der Waals surface area contributed by atoms with E-state index in [-0.39, 0.29) is 5.84 Å². The highest BCUT2D eigenvalue weighted by Gasteiger charge is 2.13. The van der Waals surface area contributed by atoms with Crippen LogP contribution < -0.4 is 10.6 Å². The molecule has 0 spiro atoms. The zero-order valence-electron chi connectivity index (χ0n) is 12.2. The summed E-state index contributed by atoms with van der Waals surface area (Å²) < 4.78 is 1.67. The monoisotopic (exact) mass is 307 g/mol. The molecule has 0 aliphatic rings. The van der Waals surface area contributed by atoms with Crippen LogP contribution in [-0.4, -0.2) is 27.9 Å². The molecule has 112 valence electrons. The Bertz CT molecular complexity index is 663. The molecule has 2 rings (SSSR count). The average molecular weight is 308 g/mol. The van der Waals surface area contributed by atoms with Crippen LogP contribution in [0, 0.1) is 6.92 Å². The van der Waals surface area contributed by atoms with Crippen molar-refractivity contribution in [3.8, 4) is 0 Å². The van der Waals surface area contributed by atoms with Crippen molar-refractivity contribution in [1.82, 2.24) is 9.78 Å². The highest BCUT2D eigenvalue weighted by atomic mass is 35.5. The molecule has 1 aromatic carbocycles. The number of nitrogens with zero attached hydrogens (tertiary/aromatic N) is 4. The van der Waals surface area contributed by atoms with Gasteiger partial charge in [-0.05, 0) is 31.2 Å². The first kappa shape index (κ1) is 15.2. The maximum Gasteiger partial charge on any atom is 0.170 e. The maximum atomic E-state index is 8.65. The number of aromatic nitrogens is 2. The van der Waals surface area contributed by atoms with Crippen LogP contribution >= 0.6 is 11.6 Å². The van der Waals surface area contributed by atoms with Crippen molar-refractivity contribution < 1.29 is 5.21 Å². The second-order valence-corrected chi connectivity index (χ2v) is 5.22. The molecule has 0 aliphatic carbocycles. The second-order valence-electron chi connectivity index (χ2n) is 4.87. The van der Waals surface area contributed by atoms with E-state index in [1.807, 2.05) is 33.2 Å². The molecule has 0 saturated heterocycles. The molecule has 21 heavy (non-hydrogen) atoms. The van der Waals surface area contributed by atoms with Gasteiger partial charge in [0.2, 0.25) is 0 Å². The van der Waals surface area contributed by atoms with Crippen LogP contribution in [0.5, 0.6) is 0 Å². The van der Waals surface area contributed by atoms with Gasteiger partial charge in [-0.2, -0.15) is 5.10 Å². The number of anilines is 1. The van der Waals surface area contributed by atoms with Crippen molar-refractivity contribution in [2.24, 2.45) is 17.9 Å². The number of benzene rings is 1. The van der Waals surface area contributed by atoms with E-state index in [4.69, 9.17) is 22.5 Å². The summed E-state index contributed by atoms with van der Waals surface area (Å²) in [6.07, 6.45) is 0. The quantitative estimate of drug-likeness (QED) is 0.392. The fourth-order valence-corrected chi connectivity index (χ4v) is 2.36. The summed E-state index contributed by atoms with van der Waals surface area (Å²) in [6, 6.07) is 7.43. The van der Waals surface area contributed by atoms with Crippen molar-refractivity contribution in [1.29, 1.82) is 0 Å². The third-order valence-corrected chi connectivity index (χ3v) is 3.85. The first-order chi connectivity index (χ1) is 9.93. The average Bonchev–Trinajstić information content (AvgIpc) is 2.73. The molecule has 0 fully saturated rings. The Kier molecular flexibility index (Phi) is 4.37. The SMILES string of the molecule is Cc1nn(C)c(Cl)c1CN(C)c1ccc(/C(N)=N/O)cc1. The second kappa shape index (κ2) is 6.05. The summed E-state index contributed by atoms with van der Waals surface area (Å²) in [6.45, 7) is 2.60. The Morgan fingerprint density at radius 3 is 2.52 bits per heavy atom. The molecule has 0 radical (unpaired) electrons. The van der Waals surface area contributed by atoms with E-state index in [0.717, 1.165) is 16.9 Å². The Labute approximate surface area is 128 Å². The minimum Gasteiger partial charge on any atom is -0.409 e. The number of aryl methyl sites for hydroxylation is 2. The molecular formula is C14H18ClN5O. The minimum absolute atomic E-state index is 0.0929. The van der Waals surface area contributed by atoms with Gasteiger partial charge >= 0.3 is 0 Å². The van der Waals surface area contributed by atoms with Crippen LogP contribution in [0.2, 0.25) is 5.15 Å². The molecule has 0 atom stereocenters. The van der Waals surface area contributed by atoms with Crippen molar-refractivity contribution in [3.05, 3.63) is 46.2 Å². The number of hydrogen-bond acceptors (Lipinski definition) is 4. The van der Waals surface area contributed by atoms with E-state index in [0.29, 0.717) is 17.3 Å². The molecule has 3 N–H and O–H groups in total. The Balaban J connectivity index is 2.19. The fourth-order valence-electron chi connectivity index (χ4n) is 2.13. The van der Waals surface area contributed by atoms with Crippen LogP contribution in [0.15, 0.2) is 29.4 Å². The molecule has 0 amide bonds. The standard InChI is InChI=1S/C14H18ClN5O/c1-9-12(13(15)20(3)17-9)8-19(2)11-6-4-10(5-7-11)14(16)18-21/h4-7,21H,8H2,1-3H3,(H2,16,18). The first-order valence-electron chi connectivity index (χ1n) is 6.41. The molecule has 0 saturated carbocycles. The molecule has 0 unspecified atom stereocenters. The summed E-state index contributed by atoms with van der Waals surface area (Å²) in [7, 11) is 3.80. The smallest absolute Gasteiger partial charge is 0.170 e. The highest BCUT2D eigenvalue weighted by molar-refractivity contribution is 6.30. The molecule has 0 bridgehead atoms. The van der Waals surface area contributed by atoms with Crippen molar-refractivity contribution in [3.63, 3.8) is 0 Å². The van der Waals surface area contributed by atoms with Crippen LogP contribution in [0.1, 0.15) is 16.8 Å². The third-order valence-electron chi connectivity index (χ3n) is 3.38. The summed E-state index contributed by atoms with van der Waals surface area (Å²) in [5.41, 5.74) is 9.14. The minimum atomic E-state index is 0.0929. The molecule has 1 heterocycles. The van der Waals surface area contributed by atoms with Gasteiger partial charge in [0.05, 0.1) is 5.69 Å². The Hall–Kier alpha value is -2.21. The summed E-state index contributed by atoms with van der Waals surface area (Å²) in [4.78, 5) is 2.06. The van der Waals surface area contributed by atoms with E-state index >= 15 is 0 Å². The predicted octanol–water partition coefficient (Wildman–Crippen LogP) is 2.11. The van der Waals surface area contributed by atoms with Crippen LogP contribution in [0.3, 0.4) is 0 Å². The molecule has 1 aromatic heterocycles. The maximum absolute atomic E-state index is 8.65. The number of hydrogen-bond donors (Lipinski definition) is 2. The summed E-state index contributed by atoms with van der Waals surface area (Å²) in [5, 5.41) is 16.6. The molecule has 7 heteroatoms. The summed E-state index contributed by atoms with van der Waals surface area (Å²) in [5.74, 6) is 0.0929. The van der Waals surface area contributed by atoms with E-state index < -0.39 is 0 Å². The van der Waals surface area contributed by atoms with Crippen LogP contribution in [-0.2, 0) is 13.6 Å². The first-order valence-corrected chi connectivity index (χ1v) is 6.79. The van der Waals surface area contributed by atoms with Gasteiger partial charge in [-0.25, -0.2) is 0 Å². The molecule has 0 aliphatic heterocycles. The largest absolute Gasteiger partial charge is 0.409 e. The lowest BCUT2D eigenvalue weighted by atomic mass is 10.1. The van der Waals surface area contributed by atoms with E-state index in [9.17, 15) is 0 Å². The fraction of sp³-hybridized carbons (Fsp3) is 0.286. The predicted molar refractivity (Wildman–Crippen MR) is 84.0 cm³/mol. The van der Waals surface area contributed by atoms with Gasteiger partial charge in [0.1, 0.15) is 5.15 Å². The number of rotatable bonds is 4. The third kappa shape index (κ3) is 3.11. The lowest BCUT2D eigenvalue weighted by Gasteiger charge is -2.19. The summed E-state index contributed by atoms with van der Waals surface area (Å²) >= 11 is 6.24. The molecule has 2 aromatic rings. The highest BCUT2D eigenvalue weighted by Crippen LogP contribution is 2.23. The number of amidine groups is 1. The van der Waals surface area contributed by atoms with Gasteiger partial charge < -0.3 is 15.8 Å². The van der Waals surface area contributed by atoms with Gasteiger partial charge in [-0.3, -0.25) is 4.68 Å². The lowest BCUT2D eigenvalue weighted by molar-refractivity contribution is 0.318. The number of nitrogens with two attached hydrogens (primary N) is 1. The zero-order chi connectivity index (χ0) is 15.6. The van der Waals surface area contributed by atoms with E-state index in [2.05, 4.69) is 15.2 Å².